The first kappa shape index (κ1) is 16.1. The molecule has 1 aliphatic rings. The molecule has 1 atom stereocenters. The van der Waals surface area contributed by atoms with Crippen LogP contribution in [0.15, 0.2) is 42.5 Å². The first-order chi connectivity index (χ1) is 11.0. The van der Waals surface area contributed by atoms with Gasteiger partial charge in [0.05, 0.1) is 5.56 Å². The number of rotatable bonds is 4. The average molecular weight is 336 g/mol. The zero-order chi connectivity index (χ0) is 16.4. The van der Waals surface area contributed by atoms with Gasteiger partial charge in [-0.2, -0.15) is 0 Å². The molecule has 1 fully saturated rings. The number of carbonyl (C=O) groups is 1. The van der Waals surface area contributed by atoms with Crippen LogP contribution in [0.2, 0.25) is 0 Å². The molecule has 23 heavy (non-hydrogen) atoms. The summed E-state index contributed by atoms with van der Waals surface area (Å²) in [6.45, 7) is 2.29. The van der Waals surface area contributed by atoms with Gasteiger partial charge in [-0.1, -0.05) is 30.3 Å². The highest BCUT2D eigenvalue weighted by Crippen LogP contribution is 2.31. The third kappa shape index (κ3) is 3.59. The van der Waals surface area contributed by atoms with Crippen LogP contribution in [0.25, 0.3) is 0 Å². The number of hydrogen-bond donors (Lipinski definition) is 0. The summed E-state index contributed by atoms with van der Waals surface area (Å²) in [5.74, 6) is -1.41. The van der Waals surface area contributed by atoms with E-state index in [2.05, 4.69) is 17.0 Å². The van der Waals surface area contributed by atoms with Crippen LogP contribution in [-0.4, -0.2) is 23.2 Å². The van der Waals surface area contributed by atoms with Crippen molar-refractivity contribution in [1.82, 2.24) is 4.90 Å². The Morgan fingerprint density at radius 2 is 1.91 bits per heavy atom. The SMILES string of the molecule is O=C(Cl)c1cc(F)c(C2CCN(Cc3ccccc3)C2)cc1F. The summed E-state index contributed by atoms with van der Waals surface area (Å²) in [4.78, 5) is 13.3. The third-order valence-electron chi connectivity index (χ3n) is 4.26. The summed E-state index contributed by atoms with van der Waals surface area (Å²) < 4.78 is 28.1. The van der Waals surface area contributed by atoms with Gasteiger partial charge in [-0.05, 0) is 47.8 Å². The van der Waals surface area contributed by atoms with E-state index in [0.717, 1.165) is 31.6 Å². The lowest BCUT2D eigenvalue weighted by Gasteiger charge is -2.17. The van der Waals surface area contributed by atoms with Gasteiger partial charge < -0.3 is 0 Å². The smallest absolute Gasteiger partial charge is 0.255 e. The zero-order valence-electron chi connectivity index (χ0n) is 12.4. The van der Waals surface area contributed by atoms with E-state index in [1.165, 1.54) is 5.56 Å². The molecule has 120 valence electrons. The Hall–Kier alpha value is -1.78. The lowest BCUT2D eigenvalue weighted by molar-refractivity contribution is 0.107. The maximum Gasteiger partial charge on any atom is 0.255 e. The predicted octanol–water partition coefficient (Wildman–Crippen LogP) is 4.33. The van der Waals surface area contributed by atoms with Gasteiger partial charge in [0.25, 0.3) is 5.24 Å². The van der Waals surface area contributed by atoms with Gasteiger partial charge >= 0.3 is 0 Å². The highest BCUT2D eigenvalue weighted by atomic mass is 35.5. The fourth-order valence-electron chi connectivity index (χ4n) is 3.10. The summed E-state index contributed by atoms with van der Waals surface area (Å²) in [6.07, 6.45) is 0.761. The van der Waals surface area contributed by atoms with Crippen LogP contribution in [-0.2, 0) is 6.54 Å². The highest BCUT2D eigenvalue weighted by molar-refractivity contribution is 6.67. The van der Waals surface area contributed by atoms with Crippen molar-refractivity contribution in [3.8, 4) is 0 Å². The summed E-state index contributed by atoms with van der Waals surface area (Å²) in [5, 5.41) is -0.981. The fourth-order valence-corrected chi connectivity index (χ4v) is 3.24. The molecule has 1 heterocycles. The Labute approximate surface area is 138 Å². The Morgan fingerprint density at radius 1 is 1.17 bits per heavy atom. The van der Waals surface area contributed by atoms with Gasteiger partial charge in [0.1, 0.15) is 11.6 Å². The second-order valence-corrected chi connectivity index (χ2v) is 6.18. The summed E-state index contributed by atoms with van der Waals surface area (Å²) in [6, 6.07) is 12.1. The van der Waals surface area contributed by atoms with Gasteiger partial charge in [0.2, 0.25) is 0 Å². The maximum absolute atomic E-state index is 14.2. The van der Waals surface area contributed by atoms with Crippen molar-refractivity contribution < 1.29 is 13.6 Å². The minimum absolute atomic E-state index is 0.0762. The monoisotopic (exact) mass is 335 g/mol. The van der Waals surface area contributed by atoms with Crippen molar-refractivity contribution >= 4 is 16.8 Å². The second kappa shape index (κ2) is 6.77. The van der Waals surface area contributed by atoms with E-state index < -0.39 is 22.4 Å². The molecular formula is C18H16ClF2NO. The van der Waals surface area contributed by atoms with E-state index in [9.17, 15) is 13.6 Å². The molecule has 0 saturated carbocycles. The van der Waals surface area contributed by atoms with Crippen molar-refractivity contribution in [2.24, 2.45) is 0 Å². The maximum atomic E-state index is 14.2. The molecule has 1 unspecified atom stereocenters. The molecule has 0 amide bonds. The lowest BCUT2D eigenvalue weighted by Crippen LogP contribution is -2.20. The van der Waals surface area contributed by atoms with Gasteiger partial charge in [0.15, 0.2) is 0 Å². The molecule has 0 N–H and O–H groups in total. The number of benzene rings is 2. The van der Waals surface area contributed by atoms with Crippen LogP contribution in [0.3, 0.4) is 0 Å². The standard InChI is InChI=1S/C18H16ClF2NO/c19-18(23)15-9-16(20)14(8-17(15)21)13-6-7-22(11-13)10-12-4-2-1-3-5-12/h1-5,8-9,13H,6-7,10-11H2. The van der Waals surface area contributed by atoms with Crippen LogP contribution >= 0.6 is 11.6 Å². The van der Waals surface area contributed by atoms with E-state index in [1.807, 2.05) is 18.2 Å². The molecular weight excluding hydrogens is 320 g/mol. The van der Waals surface area contributed by atoms with E-state index in [1.54, 1.807) is 0 Å². The number of nitrogens with zero attached hydrogens (tertiary/aromatic N) is 1. The number of halogens is 3. The Kier molecular flexibility index (Phi) is 4.74. The van der Waals surface area contributed by atoms with E-state index in [-0.39, 0.29) is 5.92 Å². The van der Waals surface area contributed by atoms with Crippen LogP contribution in [0.4, 0.5) is 8.78 Å². The molecule has 0 spiro atoms. The molecule has 0 radical (unpaired) electrons. The largest absolute Gasteiger partial charge is 0.298 e. The lowest BCUT2D eigenvalue weighted by atomic mass is 9.96. The Morgan fingerprint density at radius 3 is 2.61 bits per heavy atom. The molecule has 1 aliphatic heterocycles. The van der Waals surface area contributed by atoms with Gasteiger partial charge in [-0.3, -0.25) is 9.69 Å². The van der Waals surface area contributed by atoms with E-state index >= 15 is 0 Å². The highest BCUT2D eigenvalue weighted by Gasteiger charge is 2.27. The third-order valence-corrected chi connectivity index (χ3v) is 4.46. The molecule has 0 aliphatic carbocycles. The number of carbonyl (C=O) groups excluding carboxylic acids is 1. The molecule has 3 rings (SSSR count). The first-order valence-electron chi connectivity index (χ1n) is 7.49. The molecule has 5 heteroatoms. The molecule has 0 bridgehead atoms. The van der Waals surface area contributed by atoms with Gasteiger partial charge in [-0.25, -0.2) is 8.78 Å². The van der Waals surface area contributed by atoms with Crippen LogP contribution in [0.5, 0.6) is 0 Å². The average Bonchev–Trinajstić information content (AvgIpc) is 2.98. The Balaban J connectivity index is 1.74. The van der Waals surface area contributed by atoms with Crippen LogP contribution < -0.4 is 0 Å². The molecule has 2 aromatic rings. The summed E-state index contributed by atoms with van der Waals surface area (Å²) in [7, 11) is 0. The van der Waals surface area contributed by atoms with Crippen molar-refractivity contribution in [2.75, 3.05) is 13.1 Å². The van der Waals surface area contributed by atoms with E-state index in [0.29, 0.717) is 12.1 Å². The number of likely N-dealkylation sites (tertiary alicyclic amines) is 1. The normalized spacial score (nSPS) is 18.3. The molecule has 2 aromatic carbocycles. The molecule has 2 nitrogen and oxygen atoms in total. The zero-order valence-corrected chi connectivity index (χ0v) is 13.2. The summed E-state index contributed by atoms with van der Waals surface area (Å²) in [5.41, 5.74) is 1.11. The predicted molar refractivity (Wildman–Crippen MR) is 85.6 cm³/mol. The Bertz CT molecular complexity index is 720. The topological polar surface area (TPSA) is 20.3 Å². The second-order valence-electron chi connectivity index (χ2n) is 5.83. The quantitative estimate of drug-likeness (QED) is 0.775. The van der Waals surface area contributed by atoms with Crippen molar-refractivity contribution in [3.63, 3.8) is 0 Å². The first-order valence-corrected chi connectivity index (χ1v) is 7.87. The molecule has 1 saturated heterocycles. The molecule has 0 aromatic heterocycles. The summed E-state index contributed by atoms with van der Waals surface area (Å²) >= 11 is 5.25. The van der Waals surface area contributed by atoms with Gasteiger partial charge in [0, 0.05) is 19.0 Å². The van der Waals surface area contributed by atoms with Gasteiger partial charge in [-0.15, -0.1) is 0 Å². The van der Waals surface area contributed by atoms with Crippen LogP contribution in [0, 0.1) is 11.6 Å². The van der Waals surface area contributed by atoms with E-state index in [4.69, 9.17) is 11.6 Å². The fraction of sp³-hybridized carbons (Fsp3) is 0.278. The van der Waals surface area contributed by atoms with Crippen molar-refractivity contribution in [1.29, 1.82) is 0 Å². The van der Waals surface area contributed by atoms with Crippen molar-refractivity contribution in [2.45, 2.75) is 18.9 Å². The minimum Gasteiger partial charge on any atom is -0.298 e. The van der Waals surface area contributed by atoms with Crippen molar-refractivity contribution in [3.05, 3.63) is 70.8 Å². The number of hydrogen-bond acceptors (Lipinski definition) is 2. The minimum atomic E-state index is -0.981. The van der Waals surface area contributed by atoms with Crippen LogP contribution in [0.1, 0.15) is 33.8 Å².